The zero-order valence-electron chi connectivity index (χ0n) is 19.9. The normalized spacial score (nSPS) is 18.9. The molecule has 2 heterocycles. The molecule has 0 radical (unpaired) electrons. The van der Waals surface area contributed by atoms with Gasteiger partial charge in [0.1, 0.15) is 17.7 Å². The van der Waals surface area contributed by atoms with Crippen molar-refractivity contribution in [1.82, 2.24) is 5.32 Å². The van der Waals surface area contributed by atoms with Crippen LogP contribution in [0.1, 0.15) is 19.8 Å². The molecule has 2 amide bonds. The fourth-order valence-corrected chi connectivity index (χ4v) is 5.06. The summed E-state index contributed by atoms with van der Waals surface area (Å²) in [5.74, 6) is -1.40. The predicted molar refractivity (Wildman–Crippen MR) is 129 cm³/mol. The van der Waals surface area contributed by atoms with Crippen LogP contribution < -0.4 is 15.1 Å². The molecule has 36 heavy (non-hydrogen) atoms. The number of rotatable bonds is 7. The molecular weight excluding hydrogens is 496 g/mol. The van der Waals surface area contributed by atoms with E-state index in [0.29, 0.717) is 42.9 Å². The maximum absolute atomic E-state index is 15.0. The van der Waals surface area contributed by atoms with Crippen molar-refractivity contribution in [3.63, 3.8) is 0 Å². The first-order valence-electron chi connectivity index (χ1n) is 11.5. The number of piperidine rings is 1. The van der Waals surface area contributed by atoms with Crippen molar-refractivity contribution in [2.75, 3.05) is 42.2 Å². The van der Waals surface area contributed by atoms with Gasteiger partial charge in [0.05, 0.1) is 36.8 Å². The number of ether oxygens (including phenoxy) is 1. The number of carbonyl (C=O) groups is 2. The van der Waals surface area contributed by atoms with Crippen molar-refractivity contribution in [3.8, 4) is 11.1 Å². The number of hydrogen-bond acceptors (Lipinski definition) is 7. The van der Waals surface area contributed by atoms with Gasteiger partial charge in [-0.1, -0.05) is 6.07 Å². The van der Waals surface area contributed by atoms with E-state index < -0.39 is 40.1 Å². The van der Waals surface area contributed by atoms with Crippen molar-refractivity contribution < 1.29 is 35.7 Å². The molecule has 0 bridgehead atoms. The van der Waals surface area contributed by atoms with Gasteiger partial charge in [0.2, 0.25) is 5.91 Å². The zero-order chi connectivity index (χ0) is 26.0. The van der Waals surface area contributed by atoms with E-state index >= 15 is 4.39 Å². The quantitative estimate of drug-likeness (QED) is 0.556. The Balaban J connectivity index is 1.44. The Hall–Kier alpha value is -3.25. The lowest BCUT2D eigenvalue weighted by Crippen LogP contribution is -2.38. The molecule has 0 saturated carbocycles. The first-order valence-corrected chi connectivity index (χ1v) is 13.3. The van der Waals surface area contributed by atoms with Gasteiger partial charge in [-0.3, -0.25) is 13.9 Å². The van der Waals surface area contributed by atoms with Crippen LogP contribution >= 0.6 is 0 Å². The highest BCUT2D eigenvalue weighted by Crippen LogP contribution is 2.32. The van der Waals surface area contributed by atoms with Crippen LogP contribution in [0.2, 0.25) is 0 Å². The summed E-state index contributed by atoms with van der Waals surface area (Å²) < 4.78 is 62.8. The van der Waals surface area contributed by atoms with E-state index in [9.17, 15) is 22.4 Å². The molecule has 0 aromatic heterocycles. The summed E-state index contributed by atoms with van der Waals surface area (Å²) in [5, 5.41) is 2.58. The van der Waals surface area contributed by atoms with Crippen LogP contribution in [-0.2, 0) is 23.8 Å². The predicted octanol–water partition coefficient (Wildman–Crippen LogP) is 3.04. The number of amides is 2. The Morgan fingerprint density at radius 2 is 1.86 bits per heavy atom. The lowest BCUT2D eigenvalue weighted by atomic mass is 10.0. The van der Waals surface area contributed by atoms with Gasteiger partial charge in [0.15, 0.2) is 0 Å². The van der Waals surface area contributed by atoms with Crippen LogP contribution in [0, 0.1) is 11.6 Å². The number of hydrogen-bond donors (Lipinski definition) is 1. The molecule has 9 nitrogen and oxygen atoms in total. The van der Waals surface area contributed by atoms with Gasteiger partial charge in [0, 0.05) is 25.6 Å². The second-order valence-corrected chi connectivity index (χ2v) is 10.5. The van der Waals surface area contributed by atoms with Gasteiger partial charge >= 0.3 is 6.09 Å². The van der Waals surface area contributed by atoms with E-state index in [1.807, 2.05) is 0 Å². The molecule has 2 saturated heterocycles. The molecule has 2 aliphatic rings. The molecule has 4 rings (SSSR count). The lowest BCUT2D eigenvalue weighted by Gasteiger charge is -2.33. The van der Waals surface area contributed by atoms with E-state index in [-0.39, 0.29) is 24.6 Å². The second-order valence-electron chi connectivity index (χ2n) is 8.87. The summed E-state index contributed by atoms with van der Waals surface area (Å²) in [4.78, 5) is 26.3. The van der Waals surface area contributed by atoms with Crippen LogP contribution in [0.25, 0.3) is 11.1 Å². The molecule has 1 atom stereocenters. The molecule has 2 aromatic rings. The zero-order valence-corrected chi connectivity index (χ0v) is 20.7. The molecule has 2 aliphatic heterocycles. The summed E-state index contributed by atoms with van der Waals surface area (Å²) in [7, 11) is -3.55. The SMILES string of the molecule is CC(=O)NC[C@H]1CN(c2ccc(-c3ccc(N4CCC(OS(C)(=O)=O)CC4)c(F)c3)c(F)c2)C(=O)O1. The van der Waals surface area contributed by atoms with Gasteiger partial charge < -0.3 is 15.0 Å². The average Bonchev–Trinajstić information content (AvgIpc) is 3.18. The molecule has 194 valence electrons. The Morgan fingerprint density at radius 1 is 1.14 bits per heavy atom. The maximum atomic E-state index is 15.0. The summed E-state index contributed by atoms with van der Waals surface area (Å²) in [6.45, 7) is 2.53. The van der Waals surface area contributed by atoms with Crippen LogP contribution in [-0.4, -0.2) is 65.1 Å². The molecule has 1 N–H and O–H groups in total. The van der Waals surface area contributed by atoms with E-state index in [1.54, 1.807) is 23.1 Å². The first kappa shape index (κ1) is 25.8. The van der Waals surface area contributed by atoms with E-state index in [0.717, 1.165) is 6.26 Å². The lowest BCUT2D eigenvalue weighted by molar-refractivity contribution is -0.119. The van der Waals surface area contributed by atoms with Gasteiger partial charge in [-0.15, -0.1) is 0 Å². The van der Waals surface area contributed by atoms with E-state index in [2.05, 4.69) is 5.32 Å². The minimum Gasteiger partial charge on any atom is -0.442 e. The van der Waals surface area contributed by atoms with Crippen molar-refractivity contribution in [1.29, 1.82) is 0 Å². The topological polar surface area (TPSA) is 105 Å². The Labute approximate surface area is 208 Å². The second kappa shape index (κ2) is 10.4. The van der Waals surface area contributed by atoms with Crippen LogP contribution in [0.5, 0.6) is 0 Å². The molecule has 2 aromatic carbocycles. The highest BCUT2D eigenvalue weighted by molar-refractivity contribution is 7.86. The Morgan fingerprint density at radius 3 is 2.47 bits per heavy atom. The number of nitrogens with one attached hydrogen (secondary N) is 1. The van der Waals surface area contributed by atoms with Crippen LogP contribution in [0.4, 0.5) is 25.0 Å². The highest BCUT2D eigenvalue weighted by Gasteiger charge is 2.33. The Kier molecular flexibility index (Phi) is 7.46. The fourth-order valence-electron chi connectivity index (χ4n) is 4.37. The summed E-state index contributed by atoms with van der Waals surface area (Å²) in [6, 6.07) is 8.65. The minimum atomic E-state index is -3.55. The maximum Gasteiger partial charge on any atom is 0.414 e. The van der Waals surface area contributed by atoms with Crippen molar-refractivity contribution in [2.45, 2.75) is 32.0 Å². The number of cyclic esters (lactones) is 1. The monoisotopic (exact) mass is 523 g/mol. The number of nitrogens with zero attached hydrogens (tertiary/aromatic N) is 2. The number of carbonyl (C=O) groups excluding carboxylic acids is 2. The highest BCUT2D eigenvalue weighted by atomic mass is 32.2. The molecule has 0 spiro atoms. The molecule has 12 heteroatoms. The Bertz CT molecular complexity index is 1260. The van der Waals surface area contributed by atoms with Gasteiger partial charge in [-0.2, -0.15) is 8.42 Å². The fraction of sp³-hybridized carbons (Fsp3) is 0.417. The number of halogens is 2. The summed E-state index contributed by atoms with van der Waals surface area (Å²) in [5.41, 5.74) is 1.15. The van der Waals surface area contributed by atoms with Gasteiger partial charge in [-0.25, -0.2) is 13.6 Å². The molecule has 2 fully saturated rings. The van der Waals surface area contributed by atoms with Crippen LogP contribution in [0.3, 0.4) is 0 Å². The van der Waals surface area contributed by atoms with E-state index in [1.165, 1.54) is 30.0 Å². The summed E-state index contributed by atoms with van der Waals surface area (Å²) >= 11 is 0. The van der Waals surface area contributed by atoms with Gasteiger partial charge in [-0.05, 0) is 48.7 Å². The smallest absolute Gasteiger partial charge is 0.414 e. The number of anilines is 2. The molecule has 0 unspecified atom stereocenters. The number of benzene rings is 2. The standard InChI is InChI=1S/C24H27F2N3O6S/c1-15(30)27-13-19-14-29(24(31)34-19)17-4-5-20(21(25)12-17)16-3-6-23(22(26)11-16)28-9-7-18(8-10-28)35-36(2,32)33/h3-6,11-12,18-19H,7-10,13-14H2,1-2H3,(H,27,30)/t19-/m0/s1. The van der Waals surface area contributed by atoms with Crippen LogP contribution in [0.15, 0.2) is 36.4 Å². The minimum absolute atomic E-state index is 0.159. The third-order valence-electron chi connectivity index (χ3n) is 6.07. The summed E-state index contributed by atoms with van der Waals surface area (Å²) in [6.07, 6.45) is 0.266. The van der Waals surface area contributed by atoms with Crippen molar-refractivity contribution in [3.05, 3.63) is 48.0 Å². The van der Waals surface area contributed by atoms with Crippen molar-refractivity contribution >= 4 is 33.5 Å². The van der Waals surface area contributed by atoms with Crippen molar-refractivity contribution in [2.24, 2.45) is 0 Å². The van der Waals surface area contributed by atoms with Gasteiger partial charge in [0.25, 0.3) is 10.1 Å². The largest absolute Gasteiger partial charge is 0.442 e. The average molecular weight is 524 g/mol. The third kappa shape index (κ3) is 6.11. The molecule has 0 aliphatic carbocycles. The van der Waals surface area contributed by atoms with E-state index in [4.69, 9.17) is 8.92 Å². The molecular formula is C24H27F2N3O6S. The third-order valence-corrected chi connectivity index (χ3v) is 6.69. The first-order chi connectivity index (χ1) is 17.0.